The molecule has 2 rings (SSSR count). The number of esters is 1. The minimum absolute atomic E-state index is 0.169. The van der Waals surface area contributed by atoms with Gasteiger partial charge in [-0.15, -0.1) is 0 Å². The molecule has 186 valence electrons. The number of carbonyl (C=O) groups is 3. The number of Topliss-reactive ketones (excluding diaryl/α,β-unsaturated/α-hetero) is 1. The maximum atomic E-state index is 13.8. The van der Waals surface area contributed by atoms with Crippen LogP contribution in [0.2, 0.25) is 0 Å². The SMILES string of the molecule is CCOCCCN(C(=O)c1cccc(F)c1)C(C)C(=O)c1c(C)c(C(=O)OCC)n(CC)c1C. The van der Waals surface area contributed by atoms with E-state index in [-0.39, 0.29) is 24.5 Å². The predicted octanol–water partition coefficient (Wildman–Crippen LogP) is 4.58. The molecule has 1 atom stereocenters. The van der Waals surface area contributed by atoms with Gasteiger partial charge in [0.15, 0.2) is 5.78 Å². The fourth-order valence-corrected chi connectivity index (χ4v) is 4.21. The van der Waals surface area contributed by atoms with Crippen LogP contribution >= 0.6 is 0 Å². The second-order valence-corrected chi connectivity index (χ2v) is 8.00. The van der Waals surface area contributed by atoms with E-state index in [2.05, 4.69) is 0 Å². The Kier molecular flexibility index (Phi) is 9.98. The summed E-state index contributed by atoms with van der Waals surface area (Å²) in [5, 5.41) is 0. The zero-order valence-corrected chi connectivity index (χ0v) is 20.9. The molecule has 0 spiro atoms. The third-order valence-corrected chi connectivity index (χ3v) is 5.87. The number of ketones is 1. The van der Waals surface area contributed by atoms with Crippen molar-refractivity contribution in [3.63, 3.8) is 0 Å². The summed E-state index contributed by atoms with van der Waals surface area (Å²) in [6.07, 6.45) is 0.522. The molecule has 0 radical (unpaired) electrons. The van der Waals surface area contributed by atoms with Gasteiger partial charge >= 0.3 is 5.97 Å². The molecule has 0 saturated heterocycles. The van der Waals surface area contributed by atoms with Crippen molar-refractivity contribution in [3.8, 4) is 0 Å². The van der Waals surface area contributed by atoms with E-state index in [1.165, 1.54) is 23.1 Å². The van der Waals surface area contributed by atoms with Crippen molar-refractivity contribution >= 4 is 17.7 Å². The Hall–Kier alpha value is -3.00. The van der Waals surface area contributed by atoms with Crippen LogP contribution in [0.5, 0.6) is 0 Å². The van der Waals surface area contributed by atoms with Gasteiger partial charge in [0.05, 0.1) is 12.6 Å². The van der Waals surface area contributed by atoms with Gasteiger partial charge in [0.2, 0.25) is 0 Å². The number of nitrogens with zero attached hydrogens (tertiary/aromatic N) is 2. The van der Waals surface area contributed by atoms with Crippen molar-refractivity contribution in [2.75, 3.05) is 26.4 Å². The molecule has 7 nitrogen and oxygen atoms in total. The van der Waals surface area contributed by atoms with E-state index in [9.17, 15) is 18.8 Å². The molecule has 0 aliphatic carbocycles. The van der Waals surface area contributed by atoms with E-state index in [4.69, 9.17) is 9.47 Å². The Labute approximate surface area is 200 Å². The highest BCUT2D eigenvalue weighted by Gasteiger charge is 2.33. The molecule has 0 aliphatic heterocycles. The summed E-state index contributed by atoms with van der Waals surface area (Å²) in [7, 11) is 0. The van der Waals surface area contributed by atoms with Gasteiger partial charge in [-0.1, -0.05) is 6.07 Å². The van der Waals surface area contributed by atoms with Gasteiger partial charge in [-0.3, -0.25) is 9.59 Å². The van der Waals surface area contributed by atoms with Crippen molar-refractivity contribution in [2.24, 2.45) is 0 Å². The lowest BCUT2D eigenvalue weighted by Gasteiger charge is -2.29. The van der Waals surface area contributed by atoms with E-state index >= 15 is 0 Å². The zero-order valence-electron chi connectivity index (χ0n) is 20.9. The summed E-state index contributed by atoms with van der Waals surface area (Å²) in [6.45, 7) is 12.6. The standard InChI is InChI=1S/C26H35FN2O5/c1-7-28-18(5)22(17(4)23(28)26(32)34-9-3)24(30)19(6)29(14-11-15-33-8-2)25(31)20-12-10-13-21(27)16-20/h10,12-13,16,19H,7-9,11,14-15H2,1-6H3. The van der Waals surface area contributed by atoms with E-state index < -0.39 is 23.7 Å². The van der Waals surface area contributed by atoms with E-state index in [1.54, 1.807) is 32.3 Å². The number of rotatable bonds is 12. The number of benzene rings is 1. The Morgan fingerprint density at radius 2 is 1.82 bits per heavy atom. The van der Waals surface area contributed by atoms with E-state index in [1.807, 2.05) is 13.8 Å². The molecule has 1 aromatic heterocycles. The van der Waals surface area contributed by atoms with Crippen LogP contribution in [-0.2, 0) is 16.0 Å². The fourth-order valence-electron chi connectivity index (χ4n) is 4.21. The zero-order chi connectivity index (χ0) is 25.4. The van der Waals surface area contributed by atoms with Crippen molar-refractivity contribution < 1.29 is 28.2 Å². The van der Waals surface area contributed by atoms with Gasteiger partial charge in [-0.25, -0.2) is 9.18 Å². The van der Waals surface area contributed by atoms with Gasteiger partial charge in [0.25, 0.3) is 5.91 Å². The summed E-state index contributed by atoms with van der Waals surface area (Å²) in [4.78, 5) is 41.1. The maximum absolute atomic E-state index is 13.8. The van der Waals surface area contributed by atoms with Crippen molar-refractivity contribution in [3.05, 3.63) is 58.2 Å². The topological polar surface area (TPSA) is 77.8 Å². The first-order chi connectivity index (χ1) is 16.2. The van der Waals surface area contributed by atoms with Gasteiger partial charge in [-0.05, 0) is 71.7 Å². The summed E-state index contributed by atoms with van der Waals surface area (Å²) < 4.78 is 26.2. The van der Waals surface area contributed by atoms with Crippen LogP contribution in [0.3, 0.4) is 0 Å². The Morgan fingerprint density at radius 3 is 2.41 bits per heavy atom. The molecule has 0 aliphatic rings. The largest absolute Gasteiger partial charge is 0.461 e. The molecule has 2 aromatic rings. The second-order valence-electron chi connectivity index (χ2n) is 8.00. The minimum Gasteiger partial charge on any atom is -0.461 e. The van der Waals surface area contributed by atoms with Crippen LogP contribution in [0.25, 0.3) is 0 Å². The van der Waals surface area contributed by atoms with Crippen LogP contribution in [0.4, 0.5) is 4.39 Å². The van der Waals surface area contributed by atoms with E-state index in [0.29, 0.717) is 48.7 Å². The van der Waals surface area contributed by atoms with E-state index in [0.717, 1.165) is 6.07 Å². The summed E-state index contributed by atoms with van der Waals surface area (Å²) in [5.74, 6) is -1.73. The number of carbonyl (C=O) groups excluding carboxylic acids is 3. The molecular formula is C26H35FN2O5. The number of amides is 1. The van der Waals surface area contributed by atoms with Crippen LogP contribution in [0.15, 0.2) is 24.3 Å². The first kappa shape index (κ1) is 27.2. The number of aromatic nitrogens is 1. The third kappa shape index (κ3) is 5.91. The van der Waals surface area contributed by atoms with Crippen LogP contribution in [-0.4, -0.2) is 59.5 Å². The average Bonchev–Trinajstić information content (AvgIpc) is 3.07. The molecule has 0 N–H and O–H groups in total. The minimum atomic E-state index is -0.836. The van der Waals surface area contributed by atoms with Gasteiger partial charge < -0.3 is 18.9 Å². The Balaban J connectivity index is 2.46. The Bertz CT molecular complexity index is 1030. The highest BCUT2D eigenvalue weighted by Crippen LogP contribution is 2.26. The number of hydrogen-bond donors (Lipinski definition) is 0. The first-order valence-electron chi connectivity index (χ1n) is 11.7. The summed E-state index contributed by atoms with van der Waals surface area (Å²) >= 11 is 0. The summed E-state index contributed by atoms with van der Waals surface area (Å²) in [5.41, 5.74) is 2.09. The lowest BCUT2D eigenvalue weighted by molar-refractivity contribution is 0.0512. The summed E-state index contributed by atoms with van der Waals surface area (Å²) in [6, 6.07) is 4.59. The molecule has 0 fully saturated rings. The number of halogens is 1. The van der Waals surface area contributed by atoms with Gasteiger partial charge in [0, 0.05) is 43.1 Å². The fraction of sp³-hybridized carbons (Fsp3) is 0.500. The van der Waals surface area contributed by atoms with Gasteiger partial charge in [0.1, 0.15) is 11.5 Å². The highest BCUT2D eigenvalue weighted by atomic mass is 19.1. The molecule has 0 saturated carbocycles. The third-order valence-electron chi connectivity index (χ3n) is 5.87. The van der Waals surface area contributed by atoms with Crippen molar-refractivity contribution in [2.45, 2.75) is 60.5 Å². The quantitative estimate of drug-likeness (QED) is 0.256. The maximum Gasteiger partial charge on any atom is 0.355 e. The molecule has 1 heterocycles. The molecule has 34 heavy (non-hydrogen) atoms. The lowest BCUT2D eigenvalue weighted by atomic mass is 9.99. The van der Waals surface area contributed by atoms with Crippen molar-refractivity contribution in [1.29, 1.82) is 0 Å². The van der Waals surface area contributed by atoms with Gasteiger partial charge in [-0.2, -0.15) is 0 Å². The lowest BCUT2D eigenvalue weighted by Crippen LogP contribution is -2.44. The molecule has 8 heteroatoms. The first-order valence-corrected chi connectivity index (χ1v) is 11.7. The molecule has 0 bridgehead atoms. The van der Waals surface area contributed by atoms with Crippen LogP contribution in [0.1, 0.15) is 76.6 Å². The second kappa shape index (κ2) is 12.5. The average molecular weight is 475 g/mol. The monoisotopic (exact) mass is 474 g/mol. The molecule has 1 amide bonds. The number of hydrogen-bond acceptors (Lipinski definition) is 5. The normalized spacial score (nSPS) is 11.9. The molecule has 1 aromatic carbocycles. The van der Waals surface area contributed by atoms with Crippen LogP contribution < -0.4 is 0 Å². The smallest absolute Gasteiger partial charge is 0.355 e. The molecule has 1 unspecified atom stereocenters. The predicted molar refractivity (Wildman–Crippen MR) is 128 cm³/mol. The number of ether oxygens (including phenoxy) is 2. The molecular weight excluding hydrogens is 439 g/mol. The van der Waals surface area contributed by atoms with Crippen molar-refractivity contribution in [1.82, 2.24) is 9.47 Å². The van der Waals surface area contributed by atoms with Crippen LogP contribution in [0, 0.1) is 19.7 Å². The Morgan fingerprint density at radius 1 is 1.12 bits per heavy atom. The highest BCUT2D eigenvalue weighted by molar-refractivity contribution is 6.07.